The number of alkyl halides is 3. The van der Waals surface area contributed by atoms with Gasteiger partial charge in [-0.3, -0.25) is 43.8 Å². The summed E-state index contributed by atoms with van der Waals surface area (Å²) in [4.78, 5) is 70.9. The van der Waals surface area contributed by atoms with Gasteiger partial charge in [0.05, 0.1) is 58.6 Å². The van der Waals surface area contributed by atoms with Crippen molar-refractivity contribution in [1.82, 2.24) is 24.9 Å². The van der Waals surface area contributed by atoms with Gasteiger partial charge in [-0.25, -0.2) is 4.39 Å². The van der Waals surface area contributed by atoms with Gasteiger partial charge in [0.2, 0.25) is 11.8 Å². The first-order chi connectivity index (χ1) is 27.0. The van der Waals surface area contributed by atoms with E-state index < -0.39 is 70.8 Å². The van der Waals surface area contributed by atoms with Crippen LogP contribution in [0.1, 0.15) is 64.4 Å². The molecule has 3 aromatic rings. The normalized spacial score (nSPS) is 20.6. The monoisotopic (exact) mass is 793 g/mol. The summed E-state index contributed by atoms with van der Waals surface area (Å²) < 4.78 is 56.5. The maximum Gasteiger partial charge on any atom is 0.417 e. The Bertz CT molecular complexity index is 2170. The molecule has 15 nitrogen and oxygen atoms in total. The molecule has 3 fully saturated rings. The zero-order chi connectivity index (χ0) is 40.8. The molecule has 0 saturated carbocycles. The Morgan fingerprint density at radius 3 is 2.32 bits per heavy atom. The second-order valence-corrected chi connectivity index (χ2v) is 15.0. The minimum Gasteiger partial charge on any atom is -0.378 e. The molecule has 0 aliphatic carbocycles. The van der Waals surface area contributed by atoms with Crippen LogP contribution in [0.3, 0.4) is 0 Å². The van der Waals surface area contributed by atoms with Crippen LogP contribution in [-0.4, -0.2) is 112 Å². The van der Waals surface area contributed by atoms with Crippen LogP contribution in [0.15, 0.2) is 42.7 Å². The van der Waals surface area contributed by atoms with Crippen LogP contribution in [0.5, 0.6) is 0 Å². The summed E-state index contributed by atoms with van der Waals surface area (Å²) in [7, 11) is 0. The summed E-state index contributed by atoms with van der Waals surface area (Å²) in [6.45, 7) is 4.96. The zero-order valence-electron chi connectivity index (χ0n) is 30.8. The van der Waals surface area contributed by atoms with Crippen molar-refractivity contribution < 1.29 is 46.6 Å². The molecule has 2 atom stereocenters. The van der Waals surface area contributed by atoms with Gasteiger partial charge in [-0.05, 0) is 62.4 Å². The fraction of sp³-hybridized carbons (Fsp3) is 0.447. The van der Waals surface area contributed by atoms with Gasteiger partial charge in [-0.15, -0.1) is 0 Å². The molecule has 300 valence electrons. The summed E-state index contributed by atoms with van der Waals surface area (Å²) in [5, 5.41) is 28.9. The summed E-state index contributed by atoms with van der Waals surface area (Å²) in [5.74, 6) is -3.74. The van der Waals surface area contributed by atoms with Crippen LogP contribution in [0.4, 0.5) is 34.6 Å². The van der Waals surface area contributed by atoms with E-state index in [0.717, 1.165) is 47.2 Å². The third-order valence-corrected chi connectivity index (χ3v) is 11.0. The molecule has 4 aliphatic heterocycles. The summed E-state index contributed by atoms with van der Waals surface area (Å²) >= 11 is 0. The fourth-order valence-corrected chi connectivity index (χ4v) is 7.91. The van der Waals surface area contributed by atoms with E-state index in [9.17, 15) is 51.9 Å². The van der Waals surface area contributed by atoms with Gasteiger partial charge in [-0.2, -0.15) is 23.5 Å². The van der Waals surface area contributed by atoms with Crippen molar-refractivity contribution in [2.75, 3.05) is 60.9 Å². The highest BCUT2D eigenvalue weighted by atomic mass is 19.4. The van der Waals surface area contributed by atoms with Crippen molar-refractivity contribution in [2.24, 2.45) is 5.92 Å². The lowest BCUT2D eigenvalue weighted by atomic mass is 9.94. The predicted octanol–water partition coefficient (Wildman–Crippen LogP) is 2.74. The molecule has 57 heavy (non-hydrogen) atoms. The maximum absolute atomic E-state index is 14.0. The van der Waals surface area contributed by atoms with E-state index in [0.29, 0.717) is 58.2 Å². The number of imide groups is 2. The van der Waals surface area contributed by atoms with Crippen molar-refractivity contribution in [3.8, 4) is 6.07 Å². The Labute approximate surface area is 323 Å². The first-order valence-corrected chi connectivity index (χ1v) is 18.5. The molecule has 0 radical (unpaired) electrons. The van der Waals surface area contributed by atoms with E-state index in [1.165, 1.54) is 0 Å². The van der Waals surface area contributed by atoms with Gasteiger partial charge in [0.15, 0.2) is 11.4 Å². The van der Waals surface area contributed by atoms with Gasteiger partial charge >= 0.3 is 6.18 Å². The number of nitrogens with zero attached hydrogens (tertiary/aromatic N) is 7. The molecular weight excluding hydrogens is 754 g/mol. The molecule has 5 amide bonds. The minimum absolute atomic E-state index is 0.0340. The molecule has 1 aromatic heterocycles. The van der Waals surface area contributed by atoms with Crippen LogP contribution in [0.25, 0.3) is 0 Å². The van der Waals surface area contributed by atoms with Crippen molar-refractivity contribution in [1.29, 1.82) is 5.26 Å². The number of carbonyl (C=O) groups is 5. The number of aliphatic hydroxyl groups is 1. The summed E-state index contributed by atoms with van der Waals surface area (Å²) in [6.07, 6.45) is -1.60. The number of fused-ring (bicyclic) bond motifs is 1. The lowest BCUT2D eigenvalue weighted by Crippen LogP contribution is -2.54. The number of hydrogen-bond acceptors (Lipinski definition) is 11. The number of piperidine rings is 2. The lowest BCUT2D eigenvalue weighted by Gasteiger charge is -2.40. The van der Waals surface area contributed by atoms with Crippen LogP contribution >= 0.6 is 0 Å². The topological polar surface area (TPSA) is 184 Å². The highest BCUT2D eigenvalue weighted by molar-refractivity contribution is 6.23. The Balaban J connectivity index is 0.967. The zero-order valence-corrected chi connectivity index (χ0v) is 30.8. The van der Waals surface area contributed by atoms with Gasteiger partial charge in [0.25, 0.3) is 17.7 Å². The highest BCUT2D eigenvalue weighted by Crippen LogP contribution is 2.40. The van der Waals surface area contributed by atoms with Crippen LogP contribution in [-0.2, 0) is 27.1 Å². The second kappa shape index (κ2) is 15.2. The second-order valence-electron chi connectivity index (χ2n) is 15.0. The number of anilines is 3. The number of rotatable bonds is 9. The van der Waals surface area contributed by atoms with E-state index in [1.54, 1.807) is 24.3 Å². The Morgan fingerprint density at radius 2 is 1.68 bits per heavy atom. The van der Waals surface area contributed by atoms with E-state index >= 15 is 0 Å². The Hall–Kier alpha value is -5.87. The van der Waals surface area contributed by atoms with E-state index in [-0.39, 0.29) is 41.3 Å². The maximum atomic E-state index is 14.0. The molecule has 3 saturated heterocycles. The summed E-state index contributed by atoms with van der Waals surface area (Å²) in [5.41, 5.74) is -2.87. The number of aromatic nitrogens is 2. The molecule has 5 heterocycles. The van der Waals surface area contributed by atoms with E-state index in [1.807, 2.05) is 4.90 Å². The molecule has 1 unspecified atom stereocenters. The quantitative estimate of drug-likeness (QED) is 0.214. The predicted molar refractivity (Wildman–Crippen MR) is 194 cm³/mol. The number of piperazine rings is 1. The van der Waals surface area contributed by atoms with Crippen molar-refractivity contribution in [3.63, 3.8) is 0 Å². The molecule has 3 N–H and O–H groups in total. The largest absolute Gasteiger partial charge is 0.417 e. The Morgan fingerprint density at radius 1 is 0.982 bits per heavy atom. The van der Waals surface area contributed by atoms with Gasteiger partial charge in [-0.1, -0.05) is 0 Å². The average molecular weight is 794 g/mol. The van der Waals surface area contributed by atoms with E-state index in [2.05, 4.69) is 25.5 Å². The number of nitriles is 1. The SMILES string of the molecule is C[C@](O)(Cn1cc(F)cn1)C(=O)Nc1cc(C(F)(F)F)c(C#N)cc1N1CCC(CN2CCN(c3ccc4c(c3)C(=O)N(C3CCC(=O)NC3=O)C4=O)CC2)CC1. The average Bonchev–Trinajstić information content (AvgIpc) is 3.69. The number of nitrogens with one attached hydrogen (secondary N) is 2. The smallest absolute Gasteiger partial charge is 0.378 e. The molecule has 7 rings (SSSR count). The fourth-order valence-electron chi connectivity index (χ4n) is 7.91. The molecular formula is C38H39F4N9O6. The third kappa shape index (κ3) is 8.05. The molecule has 19 heteroatoms. The minimum atomic E-state index is -4.90. The Kier molecular flexibility index (Phi) is 10.5. The van der Waals surface area contributed by atoms with Crippen LogP contribution in [0.2, 0.25) is 0 Å². The van der Waals surface area contributed by atoms with Gasteiger partial charge in [0, 0.05) is 57.9 Å². The number of benzene rings is 2. The number of halogens is 4. The number of amides is 5. The highest BCUT2D eigenvalue weighted by Gasteiger charge is 2.45. The lowest BCUT2D eigenvalue weighted by molar-refractivity contribution is -0.138. The first kappa shape index (κ1) is 39.4. The first-order valence-electron chi connectivity index (χ1n) is 18.5. The third-order valence-electron chi connectivity index (χ3n) is 11.0. The van der Waals surface area contributed by atoms with Crippen LogP contribution < -0.4 is 20.4 Å². The molecule has 4 aliphatic rings. The molecule has 0 bridgehead atoms. The number of hydrogen-bond donors (Lipinski definition) is 3. The van der Waals surface area contributed by atoms with E-state index in [4.69, 9.17) is 0 Å². The van der Waals surface area contributed by atoms with Gasteiger partial charge in [0.1, 0.15) is 6.04 Å². The van der Waals surface area contributed by atoms with Crippen molar-refractivity contribution in [3.05, 3.63) is 70.8 Å². The molecule has 0 spiro atoms. The van der Waals surface area contributed by atoms with Crippen molar-refractivity contribution in [2.45, 2.75) is 57.0 Å². The van der Waals surface area contributed by atoms with Crippen LogP contribution in [0, 0.1) is 23.1 Å². The van der Waals surface area contributed by atoms with Gasteiger partial charge < -0.3 is 20.2 Å². The standard InChI is InChI=1S/C38H39F4N9O6/c1-37(57,21-50-20-24(39)18-44-50)36(56)45-29-16-28(38(40,41)42)23(17-43)14-31(29)49-8-6-22(7-9-49)19-47-10-12-48(13-11-47)25-2-3-26-27(15-25)35(55)51(34(26)54)30-4-5-32(52)46-33(30)53/h2-3,14-16,18,20,22,30,57H,4-13,19,21H2,1H3,(H,45,56)(H,46,52,53)/t30?,37-/m0/s1. The number of carbonyl (C=O) groups excluding carboxylic acids is 5. The summed E-state index contributed by atoms with van der Waals surface area (Å²) in [6, 6.07) is 7.41. The molecule has 2 aromatic carbocycles. The van der Waals surface area contributed by atoms with Crippen molar-refractivity contribution >= 4 is 46.6 Å².